The predicted molar refractivity (Wildman–Crippen MR) is 118 cm³/mol. The van der Waals surface area contributed by atoms with Crippen LogP contribution in [0.25, 0.3) is 10.9 Å². The first kappa shape index (κ1) is 18.6. The first-order valence-electron chi connectivity index (χ1n) is 10.5. The van der Waals surface area contributed by atoms with Gasteiger partial charge in [-0.25, -0.2) is 4.98 Å². The molecule has 2 aromatic carbocycles. The number of H-pyrrole nitrogens is 2. The van der Waals surface area contributed by atoms with Crippen LogP contribution in [0, 0.1) is 0 Å². The third kappa shape index (κ3) is 3.48. The summed E-state index contributed by atoms with van der Waals surface area (Å²) in [6.45, 7) is 3.66. The topological polar surface area (TPSA) is 54.7 Å². The summed E-state index contributed by atoms with van der Waals surface area (Å²) >= 11 is 0. The molecule has 30 heavy (non-hydrogen) atoms. The number of rotatable bonds is 5. The number of hydrogen-bond donors (Lipinski definition) is 2. The van der Waals surface area contributed by atoms with Crippen molar-refractivity contribution >= 4 is 22.5 Å². The predicted octanol–water partition coefficient (Wildman–Crippen LogP) is 2.31. The maximum Gasteiger partial charge on any atom is 0.274 e. The second-order valence-electron chi connectivity index (χ2n) is 7.85. The average molecular weight is 399 g/mol. The number of piperazine rings is 1. The van der Waals surface area contributed by atoms with Crippen molar-refractivity contribution < 1.29 is 14.7 Å². The second kappa shape index (κ2) is 8.13. The van der Waals surface area contributed by atoms with Gasteiger partial charge in [-0.2, -0.15) is 0 Å². The highest BCUT2D eigenvalue weighted by atomic mass is 16.1. The summed E-state index contributed by atoms with van der Waals surface area (Å²) < 4.78 is 0. The molecular formula is C25H26N4O+2. The number of benzene rings is 2. The van der Waals surface area contributed by atoms with Crippen molar-refractivity contribution in [3.05, 3.63) is 96.3 Å². The molecule has 1 aliphatic rings. The van der Waals surface area contributed by atoms with Crippen LogP contribution in [0.15, 0.2) is 85.2 Å². The van der Waals surface area contributed by atoms with Gasteiger partial charge in [-0.15, -0.1) is 0 Å². The molecular weight excluding hydrogens is 372 g/mol. The minimum absolute atomic E-state index is 0.188. The lowest BCUT2D eigenvalue weighted by Crippen LogP contribution is -3.16. The molecule has 1 aliphatic heterocycles. The average Bonchev–Trinajstić information content (AvgIpc) is 3.25. The Labute approximate surface area is 176 Å². The number of anilines is 1. The molecule has 5 heteroatoms. The third-order valence-electron chi connectivity index (χ3n) is 6.10. The summed E-state index contributed by atoms with van der Waals surface area (Å²) in [6, 6.07) is 24.2. The van der Waals surface area contributed by atoms with Crippen molar-refractivity contribution in [2.45, 2.75) is 6.04 Å². The first-order valence-corrected chi connectivity index (χ1v) is 10.5. The van der Waals surface area contributed by atoms with E-state index in [4.69, 9.17) is 0 Å². The highest BCUT2D eigenvalue weighted by molar-refractivity contribution is 6.10. The fourth-order valence-corrected chi connectivity index (χ4v) is 4.55. The van der Waals surface area contributed by atoms with E-state index in [9.17, 15) is 4.79 Å². The van der Waals surface area contributed by atoms with Gasteiger partial charge in [0.15, 0.2) is 6.04 Å². The number of nitrogens with one attached hydrogen (secondary N) is 3. The van der Waals surface area contributed by atoms with Gasteiger partial charge in [0.1, 0.15) is 26.2 Å². The van der Waals surface area contributed by atoms with Gasteiger partial charge in [-0.3, -0.25) is 9.69 Å². The van der Waals surface area contributed by atoms with Crippen LogP contribution < -0.4 is 14.8 Å². The van der Waals surface area contributed by atoms with Gasteiger partial charge in [-0.1, -0.05) is 54.6 Å². The Balaban J connectivity index is 1.44. The van der Waals surface area contributed by atoms with Crippen LogP contribution >= 0.6 is 0 Å². The number of aromatic nitrogens is 2. The minimum Gasteiger partial charge on any atom is -0.360 e. The van der Waals surface area contributed by atoms with Crippen LogP contribution in [0.2, 0.25) is 0 Å². The highest BCUT2D eigenvalue weighted by Gasteiger charge is 2.37. The van der Waals surface area contributed by atoms with E-state index in [0.29, 0.717) is 0 Å². The number of aromatic amines is 2. The Kier molecular flexibility index (Phi) is 5.03. The van der Waals surface area contributed by atoms with Crippen LogP contribution in [0.4, 0.5) is 5.82 Å². The summed E-state index contributed by atoms with van der Waals surface area (Å²) in [5, 5.41) is 1.00. The quantitative estimate of drug-likeness (QED) is 0.507. The monoisotopic (exact) mass is 398 g/mol. The normalized spacial score (nSPS) is 15.9. The van der Waals surface area contributed by atoms with Gasteiger partial charge < -0.3 is 9.88 Å². The molecule has 150 valence electrons. The lowest BCUT2D eigenvalue weighted by atomic mass is 9.95. The highest BCUT2D eigenvalue weighted by Crippen LogP contribution is 2.23. The van der Waals surface area contributed by atoms with Gasteiger partial charge in [0.05, 0.1) is 6.20 Å². The third-order valence-corrected chi connectivity index (χ3v) is 6.10. The summed E-state index contributed by atoms with van der Waals surface area (Å²) in [5.74, 6) is 1.32. The van der Waals surface area contributed by atoms with E-state index < -0.39 is 0 Å². The van der Waals surface area contributed by atoms with Crippen molar-refractivity contribution in [3.8, 4) is 0 Å². The molecule has 0 spiro atoms. The van der Waals surface area contributed by atoms with Crippen molar-refractivity contribution in [1.82, 2.24) is 4.98 Å². The molecule has 0 unspecified atom stereocenters. The SMILES string of the molecule is O=C(c1c[nH]c2ccccc12)[C@H](c1ccccc1)[NH+]1CCN(c2cccc[nH+]2)CC1. The Morgan fingerprint density at radius 3 is 2.43 bits per heavy atom. The number of carbonyl (C=O) groups is 1. The van der Waals surface area contributed by atoms with Gasteiger partial charge >= 0.3 is 0 Å². The molecule has 1 saturated heterocycles. The van der Waals surface area contributed by atoms with Crippen molar-refractivity contribution in [2.24, 2.45) is 0 Å². The summed E-state index contributed by atoms with van der Waals surface area (Å²) in [5.41, 5.74) is 2.88. The van der Waals surface area contributed by atoms with E-state index in [-0.39, 0.29) is 11.8 Å². The second-order valence-corrected chi connectivity index (χ2v) is 7.85. The van der Waals surface area contributed by atoms with Crippen molar-refractivity contribution in [3.63, 3.8) is 0 Å². The molecule has 3 heterocycles. The number of hydrogen-bond acceptors (Lipinski definition) is 2. The Hall–Kier alpha value is -3.44. The number of fused-ring (bicyclic) bond motifs is 1. The maximum absolute atomic E-state index is 13.8. The lowest BCUT2D eigenvalue weighted by Gasteiger charge is -2.33. The molecule has 1 fully saturated rings. The molecule has 3 N–H and O–H groups in total. The number of ketones is 1. The fourth-order valence-electron chi connectivity index (χ4n) is 4.55. The minimum atomic E-state index is -0.202. The molecule has 0 aliphatic carbocycles. The number of pyridine rings is 1. The van der Waals surface area contributed by atoms with Gasteiger partial charge in [0.2, 0.25) is 5.78 Å². The van der Waals surface area contributed by atoms with E-state index in [0.717, 1.165) is 54.0 Å². The molecule has 5 nitrogen and oxygen atoms in total. The molecule has 0 amide bonds. The van der Waals surface area contributed by atoms with Crippen molar-refractivity contribution in [1.29, 1.82) is 0 Å². The van der Waals surface area contributed by atoms with Crippen LogP contribution in [0.3, 0.4) is 0 Å². The number of carbonyl (C=O) groups excluding carboxylic acids is 1. The van der Waals surface area contributed by atoms with E-state index in [1.807, 2.05) is 60.9 Å². The zero-order valence-electron chi connectivity index (χ0n) is 16.8. The largest absolute Gasteiger partial charge is 0.360 e. The number of nitrogens with zero attached hydrogens (tertiary/aromatic N) is 1. The molecule has 1 atom stereocenters. The van der Waals surface area contributed by atoms with Crippen LogP contribution in [-0.2, 0) is 0 Å². The number of para-hydroxylation sites is 1. The molecule has 4 aromatic rings. The fraction of sp³-hybridized carbons (Fsp3) is 0.200. The smallest absolute Gasteiger partial charge is 0.274 e. The van der Waals surface area contributed by atoms with E-state index in [1.165, 1.54) is 4.90 Å². The van der Waals surface area contributed by atoms with Gasteiger partial charge in [0.25, 0.3) is 5.82 Å². The Morgan fingerprint density at radius 2 is 1.67 bits per heavy atom. The van der Waals surface area contributed by atoms with Crippen LogP contribution in [0.1, 0.15) is 22.0 Å². The van der Waals surface area contributed by atoms with Crippen LogP contribution in [-0.4, -0.2) is 36.9 Å². The molecule has 2 aromatic heterocycles. The number of Topliss-reactive ketones (excluding diaryl/α,β-unsaturated/α-hetero) is 1. The van der Waals surface area contributed by atoms with Crippen LogP contribution in [0.5, 0.6) is 0 Å². The van der Waals surface area contributed by atoms with E-state index in [1.54, 1.807) is 0 Å². The molecule has 5 rings (SSSR count). The van der Waals surface area contributed by atoms with E-state index >= 15 is 0 Å². The molecule has 0 saturated carbocycles. The first-order chi connectivity index (χ1) is 14.8. The van der Waals surface area contributed by atoms with E-state index in [2.05, 4.69) is 39.1 Å². The summed E-state index contributed by atoms with van der Waals surface area (Å²) in [6.07, 6.45) is 3.83. The molecule has 0 bridgehead atoms. The Bertz CT molecular complexity index is 1130. The summed E-state index contributed by atoms with van der Waals surface area (Å²) in [7, 11) is 0. The van der Waals surface area contributed by atoms with Gasteiger partial charge in [-0.05, 0) is 12.1 Å². The summed E-state index contributed by atoms with van der Waals surface area (Å²) in [4.78, 5) is 24.1. The maximum atomic E-state index is 13.8. The van der Waals surface area contributed by atoms with Crippen molar-refractivity contribution in [2.75, 3.05) is 31.1 Å². The lowest BCUT2D eigenvalue weighted by molar-refractivity contribution is -0.922. The zero-order valence-corrected chi connectivity index (χ0v) is 16.8. The molecule has 0 radical (unpaired) electrons. The van der Waals surface area contributed by atoms with Gasteiger partial charge in [0, 0.05) is 34.3 Å². The zero-order chi connectivity index (χ0) is 20.3. The standard InChI is InChI=1S/C25H24N4O/c30-25(21-18-27-22-11-5-4-10-20(21)22)24(19-8-2-1-3-9-19)29-16-14-28(15-17-29)23-12-6-7-13-26-23/h1-13,18,24,27H,14-17H2/p+2/t24-/m0/s1. The number of quaternary nitrogens is 1. The Morgan fingerprint density at radius 1 is 0.933 bits per heavy atom.